The van der Waals surface area contributed by atoms with Gasteiger partial charge in [0.2, 0.25) is 10.0 Å². The first-order chi connectivity index (χ1) is 12.2. The van der Waals surface area contributed by atoms with Crippen molar-refractivity contribution in [3.8, 4) is 0 Å². The van der Waals surface area contributed by atoms with Gasteiger partial charge in [0, 0.05) is 13.1 Å². The van der Waals surface area contributed by atoms with Crippen LogP contribution in [0.15, 0.2) is 37.2 Å². The van der Waals surface area contributed by atoms with E-state index >= 15 is 0 Å². The molecule has 0 radical (unpaired) electrons. The summed E-state index contributed by atoms with van der Waals surface area (Å²) in [7, 11) is -3.90. The predicted octanol–water partition coefficient (Wildman–Crippen LogP) is 0.412. The van der Waals surface area contributed by atoms with Crippen LogP contribution in [0.1, 0.15) is 11.5 Å². The highest BCUT2D eigenvalue weighted by Crippen LogP contribution is 2.18. The fourth-order valence-electron chi connectivity index (χ4n) is 2.70. The van der Waals surface area contributed by atoms with E-state index in [-0.39, 0.29) is 40.5 Å². The number of rotatable bonds is 5. The zero-order valence-corrected chi connectivity index (χ0v) is 14.7. The van der Waals surface area contributed by atoms with Crippen molar-refractivity contribution in [3.05, 3.63) is 56.2 Å². The summed E-state index contributed by atoms with van der Waals surface area (Å²) in [5, 5.41) is 3.59. The van der Waals surface area contributed by atoms with E-state index in [9.17, 15) is 22.4 Å². The minimum Gasteiger partial charge on any atom is -0.360 e. The molecule has 0 aliphatic carbocycles. The summed E-state index contributed by atoms with van der Waals surface area (Å²) in [6.07, 6.45) is 0. The molecule has 11 heteroatoms. The molecule has 0 aliphatic heterocycles. The maximum absolute atomic E-state index is 13.3. The molecule has 2 N–H and O–H groups in total. The van der Waals surface area contributed by atoms with E-state index in [1.807, 2.05) is 0 Å². The van der Waals surface area contributed by atoms with Crippen LogP contribution < -0.4 is 15.8 Å². The van der Waals surface area contributed by atoms with Crippen LogP contribution >= 0.6 is 0 Å². The van der Waals surface area contributed by atoms with Gasteiger partial charge in [-0.05, 0) is 32.0 Å². The van der Waals surface area contributed by atoms with Gasteiger partial charge >= 0.3 is 11.1 Å². The zero-order chi connectivity index (χ0) is 19.1. The first-order valence-corrected chi connectivity index (χ1v) is 9.04. The Morgan fingerprint density at radius 3 is 2.69 bits per heavy atom. The second-order valence-electron chi connectivity index (χ2n) is 5.62. The fourth-order valence-corrected chi connectivity index (χ4v) is 4.04. The molecule has 3 aromatic rings. The van der Waals surface area contributed by atoms with Gasteiger partial charge in [-0.25, -0.2) is 17.5 Å². The van der Waals surface area contributed by atoms with E-state index in [4.69, 9.17) is 4.52 Å². The van der Waals surface area contributed by atoms with E-state index < -0.39 is 27.0 Å². The molecule has 26 heavy (non-hydrogen) atoms. The maximum atomic E-state index is 13.3. The number of fused-ring (bicyclic) bond motifs is 1. The quantitative estimate of drug-likeness (QED) is 0.616. The van der Waals surface area contributed by atoms with E-state index in [0.717, 1.165) is 16.7 Å². The Bertz CT molecular complexity index is 1190. The summed E-state index contributed by atoms with van der Waals surface area (Å²) in [5.41, 5.74) is -1.14. The number of sulfonamides is 1. The molecule has 9 nitrogen and oxygen atoms in total. The second kappa shape index (κ2) is 6.50. The van der Waals surface area contributed by atoms with Crippen LogP contribution in [-0.4, -0.2) is 29.7 Å². The normalized spacial score (nSPS) is 12.0. The van der Waals surface area contributed by atoms with Gasteiger partial charge in [-0.1, -0.05) is 5.16 Å². The Balaban J connectivity index is 1.90. The lowest BCUT2D eigenvalue weighted by molar-refractivity contribution is 0.390. The standard InChI is InChI=1S/C15H15FN4O5S/c1-8-13(9(2)25-19-8)26(23,24)17-5-6-20-12-4-3-10(16)7-11(12)18-14(21)15(20)22/h3-4,7,17H,5-6H2,1-2H3,(H,18,21). The fraction of sp³-hybridized carbons (Fsp3) is 0.267. The van der Waals surface area contributed by atoms with Gasteiger partial charge in [0.05, 0.1) is 11.0 Å². The average Bonchev–Trinajstić information content (AvgIpc) is 2.90. The minimum atomic E-state index is -3.90. The van der Waals surface area contributed by atoms with Gasteiger partial charge in [-0.3, -0.25) is 9.59 Å². The summed E-state index contributed by atoms with van der Waals surface area (Å²) >= 11 is 0. The first kappa shape index (κ1) is 18.0. The summed E-state index contributed by atoms with van der Waals surface area (Å²) in [6, 6.07) is 3.57. The van der Waals surface area contributed by atoms with E-state index in [1.165, 1.54) is 19.9 Å². The molecule has 0 atom stereocenters. The summed E-state index contributed by atoms with van der Waals surface area (Å²) in [6.45, 7) is 2.68. The molecule has 0 fully saturated rings. The molecule has 0 bridgehead atoms. The Kier molecular flexibility index (Phi) is 4.50. The Morgan fingerprint density at radius 2 is 2.04 bits per heavy atom. The number of aromatic nitrogens is 3. The van der Waals surface area contributed by atoms with Crippen LogP contribution in [0.4, 0.5) is 4.39 Å². The number of halogens is 1. The van der Waals surface area contributed by atoms with Crippen molar-refractivity contribution in [1.82, 2.24) is 19.4 Å². The molecular weight excluding hydrogens is 367 g/mol. The maximum Gasteiger partial charge on any atom is 0.316 e. The Labute approximate surface area is 146 Å². The number of hydrogen-bond acceptors (Lipinski definition) is 6. The van der Waals surface area contributed by atoms with Gasteiger partial charge in [0.15, 0.2) is 5.76 Å². The molecule has 0 spiro atoms. The number of nitrogens with zero attached hydrogens (tertiary/aromatic N) is 2. The van der Waals surface area contributed by atoms with Crippen molar-refractivity contribution in [2.75, 3.05) is 6.54 Å². The monoisotopic (exact) mass is 382 g/mol. The lowest BCUT2D eigenvalue weighted by Crippen LogP contribution is -2.39. The van der Waals surface area contributed by atoms with Crippen LogP contribution in [0.3, 0.4) is 0 Å². The van der Waals surface area contributed by atoms with Crippen LogP contribution in [-0.2, 0) is 16.6 Å². The minimum absolute atomic E-state index is 0.0670. The third-order valence-corrected chi connectivity index (χ3v) is 5.51. The molecule has 0 amide bonds. The number of aryl methyl sites for hydroxylation is 2. The van der Waals surface area contributed by atoms with E-state index in [2.05, 4.69) is 14.9 Å². The van der Waals surface area contributed by atoms with Crippen molar-refractivity contribution in [3.63, 3.8) is 0 Å². The molecule has 0 aliphatic rings. The third kappa shape index (κ3) is 3.18. The van der Waals surface area contributed by atoms with Gasteiger partial charge in [-0.15, -0.1) is 0 Å². The largest absolute Gasteiger partial charge is 0.360 e. The molecule has 0 unspecified atom stereocenters. The molecule has 0 saturated carbocycles. The Morgan fingerprint density at radius 1 is 1.31 bits per heavy atom. The van der Waals surface area contributed by atoms with Crippen molar-refractivity contribution in [2.45, 2.75) is 25.3 Å². The highest BCUT2D eigenvalue weighted by molar-refractivity contribution is 7.89. The topological polar surface area (TPSA) is 127 Å². The predicted molar refractivity (Wildman–Crippen MR) is 90.0 cm³/mol. The number of H-pyrrole nitrogens is 1. The van der Waals surface area contributed by atoms with Gasteiger partial charge in [0.1, 0.15) is 16.4 Å². The van der Waals surface area contributed by atoms with Crippen LogP contribution in [0, 0.1) is 19.7 Å². The van der Waals surface area contributed by atoms with Crippen molar-refractivity contribution >= 4 is 21.1 Å². The van der Waals surface area contributed by atoms with Crippen LogP contribution in [0.2, 0.25) is 0 Å². The second-order valence-corrected chi connectivity index (χ2v) is 7.33. The number of aromatic amines is 1. The smallest absolute Gasteiger partial charge is 0.316 e. The molecule has 138 valence electrons. The van der Waals surface area contributed by atoms with Crippen LogP contribution in [0.5, 0.6) is 0 Å². The molecule has 0 saturated heterocycles. The van der Waals surface area contributed by atoms with Crippen LogP contribution in [0.25, 0.3) is 11.0 Å². The molecule has 1 aromatic carbocycles. The summed E-state index contributed by atoms with van der Waals surface area (Å²) in [5.74, 6) is -0.429. The molecule has 2 aromatic heterocycles. The average molecular weight is 382 g/mol. The summed E-state index contributed by atoms with van der Waals surface area (Å²) in [4.78, 5) is 26.0. The van der Waals surface area contributed by atoms with Gasteiger partial charge < -0.3 is 14.1 Å². The highest BCUT2D eigenvalue weighted by Gasteiger charge is 2.23. The molecule has 2 heterocycles. The Hall–Kier alpha value is -2.79. The lowest BCUT2D eigenvalue weighted by atomic mass is 10.3. The lowest BCUT2D eigenvalue weighted by Gasteiger charge is -2.11. The SMILES string of the molecule is Cc1noc(C)c1S(=O)(=O)NCCn1c(=O)c(=O)[nH]c2cc(F)ccc21. The number of hydrogen-bond donors (Lipinski definition) is 2. The van der Waals surface area contributed by atoms with Crippen molar-refractivity contribution in [1.29, 1.82) is 0 Å². The highest BCUT2D eigenvalue weighted by atomic mass is 32.2. The molecular formula is C15H15FN4O5S. The van der Waals surface area contributed by atoms with E-state index in [1.54, 1.807) is 0 Å². The van der Waals surface area contributed by atoms with Gasteiger partial charge in [-0.2, -0.15) is 0 Å². The number of nitrogens with one attached hydrogen (secondary N) is 2. The third-order valence-electron chi connectivity index (χ3n) is 3.80. The number of benzene rings is 1. The zero-order valence-electron chi connectivity index (χ0n) is 13.9. The molecule has 3 rings (SSSR count). The van der Waals surface area contributed by atoms with Crippen molar-refractivity contribution < 1.29 is 17.3 Å². The van der Waals surface area contributed by atoms with Gasteiger partial charge in [0.25, 0.3) is 0 Å². The summed E-state index contributed by atoms with van der Waals surface area (Å²) < 4.78 is 46.3. The first-order valence-electron chi connectivity index (χ1n) is 7.55. The van der Waals surface area contributed by atoms with Crippen molar-refractivity contribution in [2.24, 2.45) is 0 Å². The van der Waals surface area contributed by atoms with E-state index in [0.29, 0.717) is 0 Å².